The van der Waals surface area contributed by atoms with Gasteiger partial charge in [-0.2, -0.15) is 5.10 Å². The number of hydrogen-bond acceptors (Lipinski definition) is 5. The molecule has 17 heavy (non-hydrogen) atoms. The van der Waals surface area contributed by atoms with E-state index in [1.807, 2.05) is 0 Å². The van der Waals surface area contributed by atoms with Crippen LogP contribution in [0.2, 0.25) is 0 Å². The van der Waals surface area contributed by atoms with Crippen LogP contribution >= 0.6 is 0 Å². The number of aromatic carboxylic acids is 1. The van der Waals surface area contributed by atoms with Crippen molar-refractivity contribution in [2.75, 3.05) is 0 Å². The quantitative estimate of drug-likeness (QED) is 0.623. The average molecular weight is 234 g/mol. The lowest BCUT2D eigenvalue weighted by Crippen LogP contribution is -2.07. The first-order valence-corrected chi connectivity index (χ1v) is 4.47. The molecule has 2 aromatic heterocycles. The topological polar surface area (TPSA) is 111 Å². The fourth-order valence-corrected chi connectivity index (χ4v) is 1.29. The molecule has 0 aromatic carbocycles. The highest BCUT2D eigenvalue weighted by molar-refractivity contribution is 5.89. The zero-order chi connectivity index (χ0) is 12.4. The van der Waals surface area contributed by atoms with Crippen molar-refractivity contribution in [3.8, 4) is 5.69 Å². The smallest absolute Gasteiger partial charge is 0.356 e. The van der Waals surface area contributed by atoms with Crippen molar-refractivity contribution in [3.05, 3.63) is 46.5 Å². The molecule has 8 heteroatoms. The predicted octanol–water partition coefficient (Wildman–Crippen LogP) is 0.874. The third kappa shape index (κ3) is 1.95. The number of carboxylic acid groups (broad SMARTS) is 1. The molecule has 2 rings (SSSR count). The Kier molecular flexibility index (Phi) is 2.53. The summed E-state index contributed by atoms with van der Waals surface area (Å²) in [5, 5.41) is 23.1. The van der Waals surface area contributed by atoms with Crippen LogP contribution < -0.4 is 0 Å². The molecular weight excluding hydrogens is 228 g/mol. The summed E-state index contributed by atoms with van der Waals surface area (Å²) in [7, 11) is 0. The van der Waals surface area contributed by atoms with Gasteiger partial charge in [0, 0.05) is 6.20 Å². The summed E-state index contributed by atoms with van der Waals surface area (Å²) in [5.41, 5.74) is -0.260. The summed E-state index contributed by atoms with van der Waals surface area (Å²) >= 11 is 0. The summed E-state index contributed by atoms with van der Waals surface area (Å²) in [4.78, 5) is 24.5. The van der Waals surface area contributed by atoms with Gasteiger partial charge in [0.25, 0.3) is 0 Å². The fourth-order valence-electron chi connectivity index (χ4n) is 1.29. The van der Waals surface area contributed by atoms with Gasteiger partial charge in [-0.3, -0.25) is 10.1 Å². The molecule has 0 aliphatic heterocycles. The second-order valence-electron chi connectivity index (χ2n) is 3.08. The normalized spacial score (nSPS) is 10.1. The second-order valence-corrected chi connectivity index (χ2v) is 3.08. The molecule has 0 amide bonds. The first-order chi connectivity index (χ1) is 8.09. The lowest BCUT2D eigenvalue weighted by atomic mass is 10.3. The Morgan fingerprint density at radius 1 is 1.53 bits per heavy atom. The number of nitro groups is 1. The van der Waals surface area contributed by atoms with Crippen LogP contribution in [0.25, 0.3) is 5.69 Å². The van der Waals surface area contributed by atoms with E-state index < -0.39 is 10.9 Å². The Hall–Kier alpha value is -2.77. The van der Waals surface area contributed by atoms with Crippen LogP contribution in [0.3, 0.4) is 0 Å². The fraction of sp³-hybridized carbons (Fsp3) is 0. The Labute approximate surface area is 94.3 Å². The van der Waals surface area contributed by atoms with Crippen molar-refractivity contribution < 1.29 is 14.8 Å². The number of carboxylic acids is 1. The molecule has 0 saturated heterocycles. The summed E-state index contributed by atoms with van der Waals surface area (Å²) < 4.78 is 1.11. The molecule has 2 aromatic rings. The average Bonchev–Trinajstić information content (AvgIpc) is 2.78. The van der Waals surface area contributed by atoms with Crippen molar-refractivity contribution in [2.45, 2.75) is 0 Å². The van der Waals surface area contributed by atoms with E-state index >= 15 is 0 Å². The predicted molar refractivity (Wildman–Crippen MR) is 55.0 cm³/mol. The molecular formula is C9H6N4O4. The number of aromatic nitrogens is 3. The number of pyridine rings is 1. The van der Waals surface area contributed by atoms with Gasteiger partial charge in [0.15, 0.2) is 5.69 Å². The third-order valence-corrected chi connectivity index (χ3v) is 2.02. The molecule has 0 aliphatic carbocycles. The van der Waals surface area contributed by atoms with Gasteiger partial charge in [-0.15, -0.1) is 0 Å². The van der Waals surface area contributed by atoms with Crippen LogP contribution in [-0.2, 0) is 0 Å². The summed E-state index contributed by atoms with van der Waals surface area (Å²) in [6, 6.07) is 2.99. The highest BCUT2D eigenvalue weighted by Crippen LogP contribution is 2.15. The highest BCUT2D eigenvalue weighted by atomic mass is 16.6. The van der Waals surface area contributed by atoms with Gasteiger partial charge in [-0.1, -0.05) is 0 Å². The second kappa shape index (κ2) is 4.00. The Balaban J connectivity index is 2.52. The van der Waals surface area contributed by atoms with Gasteiger partial charge in [0.05, 0.1) is 10.6 Å². The molecule has 86 valence electrons. The van der Waals surface area contributed by atoms with Gasteiger partial charge in [0.2, 0.25) is 0 Å². The van der Waals surface area contributed by atoms with Gasteiger partial charge < -0.3 is 5.11 Å². The molecule has 0 aliphatic rings. The van der Waals surface area contributed by atoms with E-state index in [-0.39, 0.29) is 17.1 Å². The van der Waals surface area contributed by atoms with Gasteiger partial charge in [-0.25, -0.2) is 14.5 Å². The zero-order valence-electron chi connectivity index (χ0n) is 8.35. The maximum atomic E-state index is 10.9. The molecule has 0 radical (unpaired) electrons. The molecule has 2 heterocycles. The number of nitrogens with zero attached hydrogens (tertiary/aromatic N) is 4. The lowest BCUT2D eigenvalue weighted by molar-refractivity contribution is -0.384. The highest BCUT2D eigenvalue weighted by Gasteiger charge is 2.16. The minimum absolute atomic E-state index is 0.174. The van der Waals surface area contributed by atoms with E-state index in [1.54, 1.807) is 0 Å². The van der Waals surface area contributed by atoms with E-state index in [0.29, 0.717) is 0 Å². The zero-order valence-corrected chi connectivity index (χ0v) is 8.35. The van der Waals surface area contributed by atoms with Crippen molar-refractivity contribution in [2.24, 2.45) is 0 Å². The number of rotatable bonds is 3. The number of hydrogen-bond donors (Lipinski definition) is 1. The van der Waals surface area contributed by atoms with E-state index in [1.165, 1.54) is 18.3 Å². The molecule has 0 fully saturated rings. The first kappa shape index (κ1) is 10.7. The SMILES string of the molecule is O=C(O)c1ncccc1-n1cc([N+](=O)[O-])cn1. The van der Waals surface area contributed by atoms with E-state index in [4.69, 9.17) is 5.11 Å². The van der Waals surface area contributed by atoms with E-state index in [0.717, 1.165) is 17.1 Å². The molecule has 0 atom stereocenters. The van der Waals surface area contributed by atoms with Crippen LogP contribution in [0, 0.1) is 10.1 Å². The van der Waals surface area contributed by atoms with E-state index in [9.17, 15) is 14.9 Å². The Morgan fingerprint density at radius 2 is 2.29 bits per heavy atom. The molecule has 1 N–H and O–H groups in total. The maximum Gasteiger partial charge on any atom is 0.356 e. The van der Waals surface area contributed by atoms with Crippen LogP contribution in [-0.4, -0.2) is 30.8 Å². The summed E-state index contributed by atoms with van der Waals surface area (Å²) in [5.74, 6) is -1.22. The molecule has 8 nitrogen and oxygen atoms in total. The number of carbonyl (C=O) groups is 1. The minimum Gasteiger partial charge on any atom is -0.476 e. The van der Waals surface area contributed by atoms with E-state index in [2.05, 4.69) is 10.1 Å². The van der Waals surface area contributed by atoms with Gasteiger partial charge >= 0.3 is 11.7 Å². The standard InChI is InChI=1S/C9H6N4O4/c14-9(15)8-7(2-1-3-10-8)12-5-6(4-11-12)13(16)17/h1-5H,(H,14,15). The Morgan fingerprint density at radius 3 is 2.88 bits per heavy atom. The van der Waals surface area contributed by atoms with Crippen LogP contribution in [0.1, 0.15) is 10.5 Å². The maximum absolute atomic E-state index is 10.9. The molecule has 0 bridgehead atoms. The summed E-state index contributed by atoms with van der Waals surface area (Å²) in [6.07, 6.45) is 3.49. The Bertz CT molecular complexity index is 592. The summed E-state index contributed by atoms with van der Waals surface area (Å²) in [6.45, 7) is 0. The molecule has 0 saturated carbocycles. The monoisotopic (exact) mass is 234 g/mol. The first-order valence-electron chi connectivity index (χ1n) is 4.47. The van der Waals surface area contributed by atoms with Crippen LogP contribution in [0.4, 0.5) is 5.69 Å². The third-order valence-electron chi connectivity index (χ3n) is 2.02. The lowest BCUT2D eigenvalue weighted by Gasteiger charge is -2.03. The van der Waals surface area contributed by atoms with Crippen molar-refractivity contribution in [1.29, 1.82) is 0 Å². The molecule has 0 spiro atoms. The minimum atomic E-state index is -1.22. The van der Waals surface area contributed by atoms with Gasteiger partial charge in [0.1, 0.15) is 12.4 Å². The van der Waals surface area contributed by atoms with Crippen molar-refractivity contribution >= 4 is 11.7 Å². The van der Waals surface area contributed by atoms with Crippen molar-refractivity contribution in [1.82, 2.24) is 14.8 Å². The largest absolute Gasteiger partial charge is 0.476 e. The van der Waals surface area contributed by atoms with Crippen molar-refractivity contribution in [3.63, 3.8) is 0 Å². The molecule has 0 unspecified atom stereocenters. The van der Waals surface area contributed by atoms with Crippen LogP contribution in [0.5, 0.6) is 0 Å². The van der Waals surface area contributed by atoms with Crippen LogP contribution in [0.15, 0.2) is 30.7 Å². The van der Waals surface area contributed by atoms with Gasteiger partial charge in [-0.05, 0) is 12.1 Å².